The van der Waals surface area contributed by atoms with Crippen LogP contribution in [-0.2, 0) is 6.54 Å². The van der Waals surface area contributed by atoms with Gasteiger partial charge in [-0.25, -0.2) is 0 Å². The zero-order valence-corrected chi connectivity index (χ0v) is 12.5. The molecule has 6 heteroatoms. The van der Waals surface area contributed by atoms with Crippen LogP contribution in [0.15, 0.2) is 58.1 Å². The molecule has 6 nitrogen and oxygen atoms in total. The van der Waals surface area contributed by atoms with E-state index in [2.05, 4.69) is 27.4 Å². The van der Waals surface area contributed by atoms with Crippen LogP contribution in [0.2, 0.25) is 0 Å². The Morgan fingerprint density at radius 3 is 2.52 bits per heavy atom. The third-order valence-electron chi connectivity index (χ3n) is 3.43. The Kier molecular flexibility index (Phi) is 4.54. The first-order chi connectivity index (χ1) is 11.2. The van der Waals surface area contributed by atoms with Crippen molar-refractivity contribution in [3.8, 4) is 5.75 Å². The molecular formula is C17H17N3O3. The van der Waals surface area contributed by atoms with Crippen molar-refractivity contribution >= 4 is 11.0 Å². The van der Waals surface area contributed by atoms with E-state index in [9.17, 15) is 9.59 Å². The predicted molar refractivity (Wildman–Crippen MR) is 88.8 cm³/mol. The molecule has 0 radical (unpaired) electrons. The molecule has 1 aromatic heterocycles. The molecule has 3 N–H and O–H groups in total. The first-order valence-corrected chi connectivity index (χ1v) is 7.37. The highest BCUT2D eigenvalue weighted by Crippen LogP contribution is 2.19. The van der Waals surface area contributed by atoms with Gasteiger partial charge in [-0.3, -0.25) is 9.59 Å². The number of hydrogen-bond donors (Lipinski definition) is 3. The minimum atomic E-state index is -0.684. The predicted octanol–water partition coefficient (Wildman–Crippen LogP) is 1.38. The van der Waals surface area contributed by atoms with Gasteiger partial charge in [-0.05, 0) is 17.7 Å². The second-order valence-electron chi connectivity index (χ2n) is 5.10. The zero-order valence-electron chi connectivity index (χ0n) is 12.5. The van der Waals surface area contributed by atoms with E-state index in [0.29, 0.717) is 29.9 Å². The van der Waals surface area contributed by atoms with Gasteiger partial charge in [-0.15, -0.1) is 0 Å². The molecule has 0 spiro atoms. The quantitative estimate of drug-likeness (QED) is 0.474. The van der Waals surface area contributed by atoms with E-state index in [1.54, 1.807) is 18.2 Å². The number of aromatic nitrogens is 2. The molecule has 3 rings (SSSR count). The Balaban J connectivity index is 1.60. The summed E-state index contributed by atoms with van der Waals surface area (Å²) < 4.78 is 5.70. The summed E-state index contributed by atoms with van der Waals surface area (Å²) in [6.07, 6.45) is 0. The normalized spacial score (nSPS) is 10.8. The second kappa shape index (κ2) is 6.93. The van der Waals surface area contributed by atoms with Gasteiger partial charge in [0.1, 0.15) is 17.9 Å². The van der Waals surface area contributed by atoms with Crippen LogP contribution in [0.1, 0.15) is 5.56 Å². The average molecular weight is 311 g/mol. The molecular weight excluding hydrogens is 294 g/mol. The Morgan fingerprint density at radius 2 is 1.70 bits per heavy atom. The number of H-pyrrole nitrogens is 2. The maximum absolute atomic E-state index is 11.5. The molecule has 0 aliphatic carbocycles. The summed E-state index contributed by atoms with van der Waals surface area (Å²) in [5, 5.41) is 3.29. The largest absolute Gasteiger partial charge is 0.490 e. The van der Waals surface area contributed by atoms with Gasteiger partial charge in [0.25, 0.3) is 0 Å². The van der Waals surface area contributed by atoms with Gasteiger partial charge in [-0.2, -0.15) is 0 Å². The molecule has 0 saturated carbocycles. The average Bonchev–Trinajstić information content (AvgIpc) is 2.57. The summed E-state index contributed by atoms with van der Waals surface area (Å²) in [5.41, 5.74) is 0.902. The van der Waals surface area contributed by atoms with Crippen LogP contribution < -0.4 is 21.2 Å². The van der Waals surface area contributed by atoms with Crippen LogP contribution in [0.3, 0.4) is 0 Å². The summed E-state index contributed by atoms with van der Waals surface area (Å²) in [6.45, 7) is 1.88. The lowest BCUT2D eigenvalue weighted by Gasteiger charge is -2.09. The van der Waals surface area contributed by atoms with Crippen molar-refractivity contribution < 1.29 is 4.74 Å². The molecule has 0 unspecified atom stereocenters. The van der Waals surface area contributed by atoms with E-state index >= 15 is 0 Å². The third-order valence-corrected chi connectivity index (χ3v) is 3.43. The number of ether oxygens (including phenoxy) is 1. The fourth-order valence-corrected chi connectivity index (χ4v) is 2.30. The molecule has 1 heterocycles. The number of fused-ring (bicyclic) bond motifs is 1. The number of benzene rings is 2. The van der Waals surface area contributed by atoms with E-state index in [1.807, 2.05) is 18.2 Å². The molecule has 0 aliphatic rings. The fourth-order valence-electron chi connectivity index (χ4n) is 2.30. The van der Waals surface area contributed by atoms with Crippen molar-refractivity contribution in [2.75, 3.05) is 13.2 Å². The summed E-state index contributed by atoms with van der Waals surface area (Å²) in [6, 6.07) is 15.3. The molecule has 118 valence electrons. The van der Waals surface area contributed by atoms with Crippen LogP contribution in [0, 0.1) is 0 Å². The molecule has 0 atom stereocenters. The van der Waals surface area contributed by atoms with Crippen LogP contribution in [-0.4, -0.2) is 23.1 Å². The first kappa shape index (κ1) is 15.1. The Bertz CT molecular complexity index is 900. The highest BCUT2D eigenvalue weighted by Gasteiger charge is 2.05. The highest BCUT2D eigenvalue weighted by molar-refractivity contribution is 5.80. The van der Waals surface area contributed by atoms with E-state index in [0.717, 1.165) is 6.54 Å². The van der Waals surface area contributed by atoms with Gasteiger partial charge >= 0.3 is 11.1 Å². The second-order valence-corrected chi connectivity index (χ2v) is 5.10. The molecule has 2 aromatic carbocycles. The van der Waals surface area contributed by atoms with E-state index in [-0.39, 0.29) is 0 Å². The zero-order chi connectivity index (χ0) is 16.1. The number of aromatic amines is 2. The van der Waals surface area contributed by atoms with E-state index < -0.39 is 11.1 Å². The Labute approximate surface area is 132 Å². The van der Waals surface area contributed by atoms with Gasteiger partial charge in [0, 0.05) is 13.1 Å². The van der Waals surface area contributed by atoms with Gasteiger partial charge in [-0.1, -0.05) is 36.4 Å². The fraction of sp³-hybridized carbons (Fsp3) is 0.176. The van der Waals surface area contributed by atoms with Crippen LogP contribution in [0.4, 0.5) is 0 Å². The van der Waals surface area contributed by atoms with Crippen molar-refractivity contribution in [2.24, 2.45) is 0 Å². The summed E-state index contributed by atoms with van der Waals surface area (Å²) in [4.78, 5) is 27.9. The van der Waals surface area contributed by atoms with Crippen LogP contribution in [0.25, 0.3) is 11.0 Å². The molecule has 23 heavy (non-hydrogen) atoms. The minimum absolute atomic E-state index is 0.451. The molecule has 0 saturated heterocycles. The summed E-state index contributed by atoms with van der Waals surface area (Å²) in [7, 11) is 0. The maximum Gasteiger partial charge on any atom is 0.314 e. The van der Waals surface area contributed by atoms with E-state index in [1.165, 1.54) is 5.56 Å². The van der Waals surface area contributed by atoms with Gasteiger partial charge in [0.05, 0.1) is 5.52 Å². The maximum atomic E-state index is 11.5. The lowest BCUT2D eigenvalue weighted by Crippen LogP contribution is -2.29. The van der Waals surface area contributed by atoms with Crippen molar-refractivity contribution in [2.45, 2.75) is 6.54 Å². The standard InChI is InChI=1S/C17H17N3O3/c21-16-17(22)20-15-13(19-16)7-4-8-14(15)23-10-9-18-11-12-5-2-1-3-6-12/h1-8,18H,9-11H2,(H,19,21)(H,20,22). The molecule has 3 aromatic rings. The molecule has 0 amide bonds. The van der Waals surface area contributed by atoms with Gasteiger partial charge in [0.2, 0.25) is 0 Å². The molecule has 0 bridgehead atoms. The number of nitrogens with one attached hydrogen (secondary N) is 3. The minimum Gasteiger partial charge on any atom is -0.490 e. The van der Waals surface area contributed by atoms with Crippen LogP contribution >= 0.6 is 0 Å². The highest BCUT2D eigenvalue weighted by atomic mass is 16.5. The van der Waals surface area contributed by atoms with E-state index in [4.69, 9.17) is 4.74 Å². The summed E-state index contributed by atoms with van der Waals surface area (Å²) >= 11 is 0. The SMILES string of the molecule is O=c1[nH]c2cccc(OCCNCc3ccccc3)c2[nH]c1=O. The number of rotatable bonds is 6. The topological polar surface area (TPSA) is 87.0 Å². The number of para-hydroxylation sites is 1. The van der Waals surface area contributed by atoms with Crippen molar-refractivity contribution in [3.63, 3.8) is 0 Å². The van der Waals surface area contributed by atoms with Gasteiger partial charge < -0.3 is 20.0 Å². The molecule has 0 aliphatic heterocycles. The molecule has 0 fully saturated rings. The smallest absolute Gasteiger partial charge is 0.314 e. The lowest BCUT2D eigenvalue weighted by molar-refractivity contribution is 0.316. The monoisotopic (exact) mass is 311 g/mol. The van der Waals surface area contributed by atoms with Crippen molar-refractivity contribution in [1.29, 1.82) is 0 Å². The third kappa shape index (κ3) is 3.67. The number of hydrogen-bond acceptors (Lipinski definition) is 4. The summed E-state index contributed by atoms with van der Waals surface area (Å²) in [5.74, 6) is 0.539. The van der Waals surface area contributed by atoms with Crippen molar-refractivity contribution in [3.05, 3.63) is 74.8 Å². The Morgan fingerprint density at radius 1 is 0.913 bits per heavy atom. The Hall–Kier alpha value is -2.86. The van der Waals surface area contributed by atoms with Gasteiger partial charge in [0.15, 0.2) is 0 Å². The van der Waals surface area contributed by atoms with Crippen LogP contribution in [0.5, 0.6) is 5.75 Å². The first-order valence-electron chi connectivity index (χ1n) is 7.37. The van der Waals surface area contributed by atoms with Crippen molar-refractivity contribution in [1.82, 2.24) is 15.3 Å². The lowest BCUT2D eigenvalue weighted by atomic mass is 10.2.